The zero-order chi connectivity index (χ0) is 14.5. The Morgan fingerprint density at radius 1 is 1.25 bits per heavy atom. The molecule has 110 valence electrons. The first-order valence-electron chi connectivity index (χ1n) is 7.52. The summed E-state index contributed by atoms with van der Waals surface area (Å²) in [5, 5.41) is 4.83. The molecule has 1 unspecified atom stereocenters. The Hall–Kier alpha value is -1.32. The van der Waals surface area contributed by atoms with Gasteiger partial charge in [0.15, 0.2) is 0 Å². The first kappa shape index (κ1) is 15.1. The second-order valence-electron chi connectivity index (χ2n) is 5.63. The van der Waals surface area contributed by atoms with Crippen molar-refractivity contribution in [2.45, 2.75) is 32.7 Å². The first-order chi connectivity index (χ1) is 9.63. The maximum Gasteiger partial charge on any atom is 0.134 e. The summed E-state index contributed by atoms with van der Waals surface area (Å²) in [5.41, 5.74) is 2.34. The summed E-state index contributed by atoms with van der Waals surface area (Å²) in [7, 11) is 4.22. The maximum atomic E-state index is 6.06. The predicted octanol–water partition coefficient (Wildman–Crippen LogP) is 3.60. The van der Waals surface area contributed by atoms with Gasteiger partial charge < -0.3 is 14.6 Å². The number of benzene rings is 1. The summed E-state index contributed by atoms with van der Waals surface area (Å²) in [6, 6.07) is 8.58. The van der Waals surface area contributed by atoms with Crippen LogP contribution in [-0.4, -0.2) is 32.1 Å². The second kappa shape index (κ2) is 6.91. The van der Waals surface area contributed by atoms with Gasteiger partial charge in [0.1, 0.15) is 11.3 Å². The number of hydrogen-bond acceptors (Lipinski definition) is 3. The fraction of sp³-hybridized carbons (Fsp3) is 0.529. The van der Waals surface area contributed by atoms with Crippen molar-refractivity contribution in [1.82, 2.24) is 10.2 Å². The zero-order valence-electron chi connectivity index (χ0n) is 13.1. The van der Waals surface area contributed by atoms with Gasteiger partial charge in [0, 0.05) is 10.9 Å². The van der Waals surface area contributed by atoms with Crippen molar-refractivity contribution in [3.63, 3.8) is 0 Å². The molecule has 1 heterocycles. The fourth-order valence-corrected chi connectivity index (χ4v) is 2.64. The molecule has 2 rings (SSSR count). The summed E-state index contributed by atoms with van der Waals surface area (Å²) in [5.74, 6) is 1.10. The quantitative estimate of drug-likeness (QED) is 0.782. The van der Waals surface area contributed by atoms with Crippen LogP contribution in [-0.2, 0) is 6.42 Å². The average molecular weight is 274 g/mol. The largest absolute Gasteiger partial charge is 0.459 e. The Morgan fingerprint density at radius 3 is 2.70 bits per heavy atom. The standard InChI is InChI=1S/C17H26N2O/c1-5-14-15-9-6-7-10-16(15)20-17(14)13(2)18-11-8-12-19(3)4/h6-7,9-10,13,18H,5,8,11-12H2,1-4H3. The molecule has 1 atom stereocenters. The van der Waals surface area contributed by atoms with Crippen molar-refractivity contribution < 1.29 is 4.42 Å². The Balaban J connectivity index is 2.07. The van der Waals surface area contributed by atoms with Crippen LogP contribution in [0.2, 0.25) is 0 Å². The number of nitrogens with one attached hydrogen (secondary N) is 1. The molecule has 0 radical (unpaired) electrons. The monoisotopic (exact) mass is 274 g/mol. The van der Waals surface area contributed by atoms with Crippen molar-refractivity contribution in [2.75, 3.05) is 27.2 Å². The van der Waals surface area contributed by atoms with Gasteiger partial charge in [-0.15, -0.1) is 0 Å². The average Bonchev–Trinajstić information content (AvgIpc) is 2.81. The van der Waals surface area contributed by atoms with Crippen LogP contribution in [0.15, 0.2) is 28.7 Å². The normalized spacial score (nSPS) is 13.2. The molecule has 0 aliphatic rings. The first-order valence-corrected chi connectivity index (χ1v) is 7.52. The molecule has 0 spiro atoms. The lowest BCUT2D eigenvalue weighted by Crippen LogP contribution is -2.24. The van der Waals surface area contributed by atoms with E-state index in [4.69, 9.17) is 4.42 Å². The van der Waals surface area contributed by atoms with E-state index in [2.05, 4.69) is 56.4 Å². The third-order valence-corrected chi connectivity index (χ3v) is 3.71. The zero-order valence-corrected chi connectivity index (χ0v) is 13.1. The third-order valence-electron chi connectivity index (χ3n) is 3.71. The van der Waals surface area contributed by atoms with E-state index in [1.54, 1.807) is 0 Å². The Bertz CT molecular complexity index is 545. The van der Waals surface area contributed by atoms with Crippen LogP contribution < -0.4 is 5.32 Å². The molecule has 0 bridgehead atoms. The van der Waals surface area contributed by atoms with Gasteiger partial charge in [-0.05, 0) is 53.0 Å². The molecular formula is C17H26N2O. The highest BCUT2D eigenvalue weighted by atomic mass is 16.3. The second-order valence-corrected chi connectivity index (χ2v) is 5.63. The van der Waals surface area contributed by atoms with Crippen LogP contribution in [0.25, 0.3) is 11.0 Å². The SMILES string of the molecule is CCc1c(C(C)NCCCN(C)C)oc2ccccc12. The molecule has 0 aliphatic heterocycles. The number of nitrogens with zero attached hydrogens (tertiary/aromatic N) is 1. The van der Waals surface area contributed by atoms with Crippen LogP contribution in [0.4, 0.5) is 0 Å². The minimum absolute atomic E-state index is 0.263. The molecule has 0 fully saturated rings. The van der Waals surface area contributed by atoms with Crippen molar-refractivity contribution in [1.29, 1.82) is 0 Å². The minimum atomic E-state index is 0.263. The van der Waals surface area contributed by atoms with Gasteiger partial charge in [0.05, 0.1) is 6.04 Å². The number of para-hydroxylation sites is 1. The van der Waals surface area contributed by atoms with Crippen LogP contribution in [0.3, 0.4) is 0 Å². The number of furan rings is 1. The van der Waals surface area contributed by atoms with Crippen LogP contribution >= 0.6 is 0 Å². The van der Waals surface area contributed by atoms with Gasteiger partial charge in [-0.2, -0.15) is 0 Å². The van der Waals surface area contributed by atoms with Gasteiger partial charge >= 0.3 is 0 Å². The Kier molecular flexibility index (Phi) is 5.21. The molecule has 1 aromatic carbocycles. The van der Waals surface area contributed by atoms with E-state index in [1.165, 1.54) is 10.9 Å². The van der Waals surface area contributed by atoms with E-state index in [0.717, 1.165) is 37.3 Å². The van der Waals surface area contributed by atoms with E-state index in [9.17, 15) is 0 Å². The number of aryl methyl sites for hydroxylation is 1. The summed E-state index contributed by atoms with van der Waals surface area (Å²) >= 11 is 0. The van der Waals surface area contributed by atoms with Crippen molar-refractivity contribution in [2.24, 2.45) is 0 Å². The van der Waals surface area contributed by atoms with E-state index >= 15 is 0 Å². The van der Waals surface area contributed by atoms with Gasteiger partial charge in [0.2, 0.25) is 0 Å². The molecule has 0 amide bonds. The maximum absolute atomic E-state index is 6.06. The smallest absolute Gasteiger partial charge is 0.134 e. The molecule has 0 saturated carbocycles. The van der Waals surface area contributed by atoms with Gasteiger partial charge in [0.25, 0.3) is 0 Å². The molecule has 0 saturated heterocycles. The van der Waals surface area contributed by atoms with Gasteiger partial charge in [-0.3, -0.25) is 0 Å². The summed E-state index contributed by atoms with van der Waals surface area (Å²) in [6.07, 6.45) is 2.16. The minimum Gasteiger partial charge on any atom is -0.459 e. The van der Waals surface area contributed by atoms with E-state index in [1.807, 2.05) is 6.07 Å². The molecule has 2 aromatic rings. The van der Waals surface area contributed by atoms with Crippen LogP contribution in [0, 0.1) is 0 Å². The third kappa shape index (κ3) is 3.41. The van der Waals surface area contributed by atoms with Crippen molar-refractivity contribution in [3.8, 4) is 0 Å². The Morgan fingerprint density at radius 2 is 2.00 bits per heavy atom. The lowest BCUT2D eigenvalue weighted by Gasteiger charge is -2.14. The molecular weight excluding hydrogens is 248 g/mol. The predicted molar refractivity (Wildman–Crippen MR) is 85.2 cm³/mol. The van der Waals surface area contributed by atoms with E-state index in [-0.39, 0.29) is 6.04 Å². The number of hydrogen-bond donors (Lipinski definition) is 1. The lowest BCUT2D eigenvalue weighted by molar-refractivity contribution is 0.380. The molecule has 3 nitrogen and oxygen atoms in total. The Labute approximate surface area is 122 Å². The fourth-order valence-electron chi connectivity index (χ4n) is 2.64. The van der Waals surface area contributed by atoms with E-state index in [0.29, 0.717) is 0 Å². The highest BCUT2D eigenvalue weighted by molar-refractivity contribution is 5.82. The number of rotatable bonds is 7. The summed E-state index contributed by atoms with van der Waals surface area (Å²) in [6.45, 7) is 6.51. The topological polar surface area (TPSA) is 28.4 Å². The van der Waals surface area contributed by atoms with Gasteiger partial charge in [-0.25, -0.2) is 0 Å². The molecule has 1 N–H and O–H groups in total. The van der Waals surface area contributed by atoms with Crippen molar-refractivity contribution >= 4 is 11.0 Å². The highest BCUT2D eigenvalue weighted by Gasteiger charge is 2.17. The van der Waals surface area contributed by atoms with E-state index < -0.39 is 0 Å². The summed E-state index contributed by atoms with van der Waals surface area (Å²) < 4.78 is 6.06. The number of fused-ring (bicyclic) bond motifs is 1. The van der Waals surface area contributed by atoms with Gasteiger partial charge in [-0.1, -0.05) is 25.1 Å². The summed E-state index contributed by atoms with van der Waals surface area (Å²) in [4.78, 5) is 2.21. The van der Waals surface area contributed by atoms with Crippen molar-refractivity contribution in [3.05, 3.63) is 35.6 Å². The highest BCUT2D eigenvalue weighted by Crippen LogP contribution is 2.30. The molecule has 0 aliphatic carbocycles. The van der Waals surface area contributed by atoms with Crippen LogP contribution in [0.5, 0.6) is 0 Å². The molecule has 3 heteroatoms. The molecule has 20 heavy (non-hydrogen) atoms. The van der Waals surface area contributed by atoms with Crippen LogP contribution in [0.1, 0.15) is 37.6 Å². The lowest BCUT2D eigenvalue weighted by atomic mass is 10.1. The molecule has 1 aromatic heterocycles.